The van der Waals surface area contributed by atoms with E-state index in [2.05, 4.69) is 0 Å². The van der Waals surface area contributed by atoms with Crippen molar-refractivity contribution in [3.63, 3.8) is 0 Å². The normalized spacial score (nSPS) is 32.1. The van der Waals surface area contributed by atoms with E-state index < -0.39 is 48.6 Å². The van der Waals surface area contributed by atoms with Crippen LogP contribution >= 0.6 is 0 Å². The van der Waals surface area contributed by atoms with Crippen molar-refractivity contribution < 1.29 is 38.4 Å². The van der Waals surface area contributed by atoms with E-state index in [0.29, 0.717) is 0 Å². The van der Waals surface area contributed by atoms with E-state index in [1.807, 2.05) is 0 Å². The van der Waals surface area contributed by atoms with Crippen LogP contribution in [-0.2, 0) is 33.3 Å². The third-order valence-electron chi connectivity index (χ3n) is 2.75. The fourth-order valence-electron chi connectivity index (χ4n) is 2.06. The maximum Gasteiger partial charge on any atom is 0.303 e. The first-order valence-corrected chi connectivity index (χ1v) is 6.31. The van der Waals surface area contributed by atoms with Crippen molar-refractivity contribution >= 4 is 17.9 Å². The summed E-state index contributed by atoms with van der Waals surface area (Å²) in [6.45, 7) is 3.31. The van der Waals surface area contributed by atoms with Crippen molar-refractivity contribution in [2.75, 3.05) is 6.54 Å². The number of ether oxygens (including phenoxy) is 4. The molecule has 1 fully saturated rings. The average molecular weight is 305 g/mol. The van der Waals surface area contributed by atoms with Crippen LogP contribution in [0, 0.1) is 0 Å². The molecule has 1 saturated heterocycles. The van der Waals surface area contributed by atoms with Gasteiger partial charge in [0.15, 0.2) is 24.6 Å². The first kappa shape index (κ1) is 17.3. The smallest absolute Gasteiger partial charge is 0.303 e. The minimum atomic E-state index is -1.56. The van der Waals surface area contributed by atoms with Crippen molar-refractivity contribution in [3.05, 3.63) is 0 Å². The minimum absolute atomic E-state index is 0.0977. The predicted octanol–water partition coefficient (Wildman–Crippen LogP) is -1.54. The second kappa shape index (κ2) is 7.34. The molecule has 120 valence electrons. The lowest BCUT2D eigenvalue weighted by Crippen LogP contribution is -2.62. The summed E-state index contributed by atoms with van der Waals surface area (Å²) in [5, 5.41) is 9.87. The Kier molecular flexibility index (Phi) is 6.06. The van der Waals surface area contributed by atoms with Crippen LogP contribution in [0.5, 0.6) is 0 Å². The van der Waals surface area contributed by atoms with Gasteiger partial charge < -0.3 is 29.8 Å². The Balaban J connectivity index is 3.08. The second-order valence-electron chi connectivity index (χ2n) is 4.52. The molecule has 1 aliphatic heterocycles. The van der Waals surface area contributed by atoms with E-state index in [1.54, 1.807) is 0 Å². The molecule has 0 saturated carbocycles. The van der Waals surface area contributed by atoms with Gasteiger partial charge >= 0.3 is 17.9 Å². The molecule has 1 rings (SSSR count). The Hall–Kier alpha value is -1.71. The van der Waals surface area contributed by atoms with Gasteiger partial charge in [-0.25, -0.2) is 0 Å². The summed E-state index contributed by atoms with van der Waals surface area (Å²) in [5.74, 6) is -2.07. The molecule has 3 N–H and O–H groups in total. The molecule has 9 nitrogen and oxygen atoms in total. The van der Waals surface area contributed by atoms with Gasteiger partial charge in [-0.05, 0) is 0 Å². The fraction of sp³-hybridized carbons (Fsp3) is 0.750. The highest BCUT2D eigenvalue weighted by Gasteiger charge is 2.50. The van der Waals surface area contributed by atoms with E-state index >= 15 is 0 Å². The maximum absolute atomic E-state index is 11.2. The molecule has 9 heteroatoms. The first-order valence-electron chi connectivity index (χ1n) is 6.31. The Morgan fingerprint density at radius 3 is 1.81 bits per heavy atom. The fourth-order valence-corrected chi connectivity index (χ4v) is 2.06. The summed E-state index contributed by atoms with van der Waals surface area (Å²) in [4.78, 5) is 33.5. The van der Waals surface area contributed by atoms with E-state index in [4.69, 9.17) is 24.7 Å². The van der Waals surface area contributed by atoms with Gasteiger partial charge in [0, 0.05) is 27.3 Å². The molecule has 0 amide bonds. The summed E-state index contributed by atoms with van der Waals surface area (Å²) in [6, 6.07) is 0. The number of esters is 3. The molecule has 0 aromatic heterocycles. The van der Waals surface area contributed by atoms with Gasteiger partial charge in [0.05, 0.1) is 0 Å². The highest BCUT2D eigenvalue weighted by Crippen LogP contribution is 2.27. The molecule has 21 heavy (non-hydrogen) atoms. The Bertz CT molecular complexity index is 412. The molecule has 5 atom stereocenters. The quantitative estimate of drug-likeness (QED) is 0.468. The Morgan fingerprint density at radius 1 is 0.952 bits per heavy atom. The van der Waals surface area contributed by atoms with Crippen molar-refractivity contribution in [1.82, 2.24) is 0 Å². The molecule has 0 unspecified atom stereocenters. The zero-order chi connectivity index (χ0) is 16.2. The molecule has 0 radical (unpaired) electrons. The van der Waals surface area contributed by atoms with Gasteiger partial charge in [-0.15, -0.1) is 0 Å². The number of aliphatic hydroxyl groups is 1. The van der Waals surface area contributed by atoms with Gasteiger partial charge in [0.2, 0.25) is 0 Å². The molecule has 0 aromatic rings. The lowest BCUT2D eigenvalue weighted by molar-refractivity contribution is -0.289. The van der Waals surface area contributed by atoms with Crippen LogP contribution in [0.2, 0.25) is 0 Å². The standard InChI is InChI=1S/C12H19NO8/c1-5(14)18-9-8(4-13)21-12(17)11(20-7(3)16)10(9)19-6(2)15/h8-12,17H,4,13H2,1-3H3/t8-,9-,10+,11-,12+/m1/s1. The lowest BCUT2D eigenvalue weighted by Gasteiger charge is -2.42. The number of rotatable bonds is 4. The maximum atomic E-state index is 11.2. The van der Waals surface area contributed by atoms with Crippen molar-refractivity contribution in [3.8, 4) is 0 Å². The Morgan fingerprint density at radius 2 is 1.38 bits per heavy atom. The molecule has 0 aromatic carbocycles. The van der Waals surface area contributed by atoms with Gasteiger partial charge in [-0.1, -0.05) is 0 Å². The average Bonchev–Trinajstić information content (AvgIpc) is 2.35. The van der Waals surface area contributed by atoms with Crippen LogP contribution < -0.4 is 5.73 Å². The molecular weight excluding hydrogens is 286 g/mol. The molecule has 0 aliphatic carbocycles. The topological polar surface area (TPSA) is 134 Å². The zero-order valence-electron chi connectivity index (χ0n) is 12.0. The third kappa shape index (κ3) is 4.66. The molecular formula is C12H19NO8. The predicted molar refractivity (Wildman–Crippen MR) is 66.6 cm³/mol. The highest BCUT2D eigenvalue weighted by atomic mass is 16.7. The van der Waals surface area contributed by atoms with E-state index in [0.717, 1.165) is 20.8 Å². The number of carbonyl (C=O) groups excluding carboxylic acids is 3. The van der Waals surface area contributed by atoms with Gasteiger partial charge in [-0.2, -0.15) is 0 Å². The second-order valence-corrected chi connectivity index (χ2v) is 4.52. The molecule has 1 aliphatic rings. The monoisotopic (exact) mass is 305 g/mol. The highest BCUT2D eigenvalue weighted by molar-refractivity contribution is 5.68. The zero-order valence-corrected chi connectivity index (χ0v) is 12.0. The minimum Gasteiger partial charge on any atom is -0.456 e. The summed E-state index contributed by atoms with van der Waals surface area (Å²) in [5.41, 5.74) is 5.50. The van der Waals surface area contributed by atoms with Crippen LogP contribution in [-0.4, -0.2) is 60.3 Å². The summed E-state index contributed by atoms with van der Waals surface area (Å²) < 4.78 is 20.1. The number of aliphatic hydroxyl groups excluding tert-OH is 1. The first-order chi connectivity index (χ1) is 9.76. The van der Waals surface area contributed by atoms with Crippen molar-refractivity contribution in [1.29, 1.82) is 0 Å². The van der Waals surface area contributed by atoms with Gasteiger partial charge in [-0.3, -0.25) is 14.4 Å². The van der Waals surface area contributed by atoms with Gasteiger partial charge in [0.1, 0.15) is 6.10 Å². The number of nitrogens with two attached hydrogens (primary N) is 1. The molecule has 0 bridgehead atoms. The number of hydrogen-bond acceptors (Lipinski definition) is 9. The van der Waals surface area contributed by atoms with Crippen LogP contribution in [0.15, 0.2) is 0 Å². The van der Waals surface area contributed by atoms with Crippen molar-refractivity contribution in [2.45, 2.75) is 51.5 Å². The molecule has 1 heterocycles. The van der Waals surface area contributed by atoms with Crippen molar-refractivity contribution in [2.24, 2.45) is 5.73 Å². The van der Waals surface area contributed by atoms with Crippen LogP contribution in [0.1, 0.15) is 20.8 Å². The Labute approximate surface area is 121 Å². The van der Waals surface area contributed by atoms with E-state index in [-0.39, 0.29) is 6.54 Å². The SMILES string of the molecule is CC(=O)O[C@@H]1[C@@H](OC(C)=O)[C@@H](O)O[C@H](CN)[C@H]1OC(C)=O. The molecule has 0 spiro atoms. The third-order valence-corrected chi connectivity index (χ3v) is 2.75. The summed E-state index contributed by atoms with van der Waals surface area (Å²) >= 11 is 0. The van der Waals surface area contributed by atoms with E-state index in [9.17, 15) is 19.5 Å². The lowest BCUT2D eigenvalue weighted by atomic mass is 9.98. The summed E-state index contributed by atoms with van der Waals surface area (Å²) in [6.07, 6.45) is -6.09. The van der Waals surface area contributed by atoms with Gasteiger partial charge in [0.25, 0.3) is 0 Å². The largest absolute Gasteiger partial charge is 0.456 e. The summed E-state index contributed by atoms with van der Waals surface area (Å²) in [7, 11) is 0. The number of carbonyl (C=O) groups is 3. The van der Waals surface area contributed by atoms with E-state index in [1.165, 1.54) is 0 Å². The number of hydrogen-bond donors (Lipinski definition) is 2. The van der Waals surface area contributed by atoms with Crippen LogP contribution in [0.25, 0.3) is 0 Å². The van der Waals surface area contributed by atoms with Crippen LogP contribution in [0.4, 0.5) is 0 Å². The van der Waals surface area contributed by atoms with Crippen LogP contribution in [0.3, 0.4) is 0 Å².